The number of hydrogen-bond donors (Lipinski definition) is 1. The molecule has 0 bridgehead atoms. The maximum atomic E-state index is 12.1. The third-order valence-corrected chi connectivity index (χ3v) is 5.71. The molecular formula is C19H20N2O2S. The van der Waals surface area contributed by atoms with Crippen molar-refractivity contribution in [1.29, 1.82) is 5.26 Å². The maximum absolute atomic E-state index is 12.1. The number of carbonyl (C=O) groups is 1. The number of rotatable bonds is 3. The van der Waals surface area contributed by atoms with Crippen LogP contribution in [0.3, 0.4) is 0 Å². The van der Waals surface area contributed by atoms with Crippen LogP contribution in [0.25, 0.3) is 0 Å². The van der Waals surface area contributed by atoms with Gasteiger partial charge in [0.2, 0.25) is 0 Å². The van der Waals surface area contributed by atoms with Crippen LogP contribution in [0.1, 0.15) is 47.8 Å². The fraction of sp³-hybridized carbons (Fsp3) is 0.368. The van der Waals surface area contributed by atoms with Gasteiger partial charge in [0.25, 0.3) is 0 Å². The van der Waals surface area contributed by atoms with Crippen LogP contribution in [-0.2, 0) is 17.8 Å². The second-order valence-electron chi connectivity index (χ2n) is 6.39. The van der Waals surface area contributed by atoms with Gasteiger partial charge < -0.3 is 4.74 Å². The third kappa shape index (κ3) is 3.44. The number of ether oxygens (including phenoxy) is 1. The van der Waals surface area contributed by atoms with Crippen LogP contribution < -0.4 is 5.32 Å². The topological polar surface area (TPSA) is 62.1 Å². The van der Waals surface area contributed by atoms with Gasteiger partial charge in [0.15, 0.2) is 0 Å². The van der Waals surface area contributed by atoms with Gasteiger partial charge in [0.1, 0.15) is 17.7 Å². The molecule has 0 saturated heterocycles. The Morgan fingerprint density at radius 2 is 2.12 bits per heavy atom. The standard InChI is InChI=1S/C19H20N2O2S/c1-12-8-13(2)17-15(9-12)16(10-20)18(24-17)21-19(22)23-11-14-6-4-3-5-7-14/h3-7,12-13H,8-9,11H2,1-2H3,(H,21,22). The highest BCUT2D eigenvalue weighted by Gasteiger charge is 2.29. The zero-order valence-electron chi connectivity index (χ0n) is 13.8. The summed E-state index contributed by atoms with van der Waals surface area (Å²) in [5.74, 6) is 0.990. The Morgan fingerprint density at radius 1 is 1.38 bits per heavy atom. The van der Waals surface area contributed by atoms with Crippen LogP contribution in [0.5, 0.6) is 0 Å². The van der Waals surface area contributed by atoms with E-state index in [2.05, 4.69) is 25.2 Å². The van der Waals surface area contributed by atoms with E-state index in [1.54, 1.807) is 0 Å². The predicted molar refractivity (Wildman–Crippen MR) is 95.2 cm³/mol. The smallest absolute Gasteiger partial charge is 0.412 e. The molecule has 0 spiro atoms. The molecular weight excluding hydrogens is 320 g/mol. The molecule has 1 heterocycles. The Balaban J connectivity index is 1.72. The van der Waals surface area contributed by atoms with Gasteiger partial charge in [-0.15, -0.1) is 11.3 Å². The van der Waals surface area contributed by atoms with Crippen molar-refractivity contribution in [3.8, 4) is 6.07 Å². The molecule has 0 radical (unpaired) electrons. The van der Waals surface area contributed by atoms with Crippen LogP contribution in [0.4, 0.5) is 9.80 Å². The summed E-state index contributed by atoms with van der Waals surface area (Å²) in [5.41, 5.74) is 2.64. The summed E-state index contributed by atoms with van der Waals surface area (Å²) < 4.78 is 5.26. The molecule has 0 saturated carbocycles. The SMILES string of the molecule is CC1Cc2c(sc(NC(=O)OCc3ccccc3)c2C#N)C(C)C1. The van der Waals surface area contributed by atoms with Gasteiger partial charge in [-0.05, 0) is 35.8 Å². The number of carbonyl (C=O) groups excluding carboxylic acids is 1. The van der Waals surface area contributed by atoms with Crippen molar-refractivity contribution < 1.29 is 9.53 Å². The van der Waals surface area contributed by atoms with Gasteiger partial charge in [0.05, 0.1) is 5.56 Å². The molecule has 3 rings (SSSR count). The summed E-state index contributed by atoms with van der Waals surface area (Å²) in [4.78, 5) is 13.3. The number of amides is 1. The van der Waals surface area contributed by atoms with Crippen molar-refractivity contribution >= 4 is 22.4 Å². The van der Waals surface area contributed by atoms with Crippen LogP contribution in [0.15, 0.2) is 30.3 Å². The van der Waals surface area contributed by atoms with E-state index in [0.717, 1.165) is 24.0 Å². The minimum absolute atomic E-state index is 0.215. The highest BCUT2D eigenvalue weighted by atomic mass is 32.1. The summed E-state index contributed by atoms with van der Waals surface area (Å²) in [6, 6.07) is 11.8. The van der Waals surface area contributed by atoms with Crippen molar-refractivity contribution in [1.82, 2.24) is 0 Å². The number of nitrogens with one attached hydrogen (secondary N) is 1. The van der Waals surface area contributed by atoms with E-state index in [4.69, 9.17) is 4.74 Å². The number of benzene rings is 1. The molecule has 124 valence electrons. The molecule has 1 N–H and O–H groups in total. The Morgan fingerprint density at radius 3 is 2.83 bits per heavy atom. The number of fused-ring (bicyclic) bond motifs is 1. The molecule has 0 aliphatic heterocycles. The second-order valence-corrected chi connectivity index (χ2v) is 7.45. The Bertz CT molecular complexity index is 777. The molecule has 2 unspecified atom stereocenters. The Hall–Kier alpha value is -2.32. The van der Waals surface area contributed by atoms with Crippen molar-refractivity contribution in [2.24, 2.45) is 5.92 Å². The molecule has 2 atom stereocenters. The van der Waals surface area contributed by atoms with E-state index >= 15 is 0 Å². The lowest BCUT2D eigenvalue weighted by atomic mass is 9.82. The molecule has 1 aliphatic rings. The van der Waals surface area contributed by atoms with E-state index in [9.17, 15) is 10.1 Å². The largest absolute Gasteiger partial charge is 0.444 e. The van der Waals surface area contributed by atoms with E-state index in [0.29, 0.717) is 22.4 Å². The maximum Gasteiger partial charge on any atom is 0.412 e. The molecule has 1 aromatic carbocycles. The third-order valence-electron chi connectivity index (χ3n) is 4.33. The first-order valence-electron chi connectivity index (χ1n) is 8.11. The highest BCUT2D eigenvalue weighted by Crippen LogP contribution is 2.44. The fourth-order valence-corrected chi connectivity index (χ4v) is 4.52. The number of hydrogen-bond acceptors (Lipinski definition) is 4. The van der Waals surface area contributed by atoms with Crippen molar-refractivity contribution in [3.05, 3.63) is 51.9 Å². The normalized spacial score (nSPS) is 19.2. The van der Waals surface area contributed by atoms with Crippen LogP contribution in [0, 0.1) is 17.2 Å². The monoisotopic (exact) mass is 340 g/mol. The molecule has 5 heteroatoms. The molecule has 4 nitrogen and oxygen atoms in total. The van der Waals surface area contributed by atoms with E-state index in [1.807, 2.05) is 30.3 Å². The van der Waals surface area contributed by atoms with Crippen LogP contribution in [-0.4, -0.2) is 6.09 Å². The average Bonchev–Trinajstić information content (AvgIpc) is 2.91. The summed E-state index contributed by atoms with van der Waals surface area (Å²) in [6.45, 7) is 4.61. The lowest BCUT2D eigenvalue weighted by Crippen LogP contribution is -2.14. The van der Waals surface area contributed by atoms with Gasteiger partial charge in [-0.3, -0.25) is 5.32 Å². The highest BCUT2D eigenvalue weighted by molar-refractivity contribution is 7.16. The van der Waals surface area contributed by atoms with Gasteiger partial charge >= 0.3 is 6.09 Å². The minimum atomic E-state index is -0.519. The minimum Gasteiger partial charge on any atom is -0.444 e. The number of nitriles is 1. The summed E-state index contributed by atoms with van der Waals surface area (Å²) in [5, 5.41) is 12.9. The van der Waals surface area contributed by atoms with Crippen molar-refractivity contribution in [2.45, 2.75) is 39.2 Å². The quantitative estimate of drug-likeness (QED) is 0.850. The van der Waals surface area contributed by atoms with Gasteiger partial charge in [-0.25, -0.2) is 4.79 Å². The Labute approximate surface area is 146 Å². The van der Waals surface area contributed by atoms with Crippen molar-refractivity contribution in [2.75, 3.05) is 5.32 Å². The van der Waals surface area contributed by atoms with Crippen LogP contribution >= 0.6 is 11.3 Å². The average molecular weight is 340 g/mol. The molecule has 1 amide bonds. The van der Waals surface area contributed by atoms with E-state index < -0.39 is 6.09 Å². The summed E-state index contributed by atoms with van der Waals surface area (Å²) in [7, 11) is 0. The van der Waals surface area contributed by atoms with E-state index in [1.165, 1.54) is 16.2 Å². The predicted octanol–water partition coefficient (Wildman–Crippen LogP) is 5.05. The summed E-state index contributed by atoms with van der Waals surface area (Å²) in [6.07, 6.45) is 1.51. The fourth-order valence-electron chi connectivity index (χ4n) is 3.28. The first-order valence-corrected chi connectivity index (χ1v) is 8.93. The molecule has 0 fully saturated rings. The number of thiophene rings is 1. The molecule has 1 aliphatic carbocycles. The first-order chi connectivity index (χ1) is 11.6. The van der Waals surface area contributed by atoms with Gasteiger partial charge in [0, 0.05) is 4.88 Å². The molecule has 2 aromatic rings. The zero-order valence-corrected chi connectivity index (χ0v) is 14.7. The van der Waals surface area contributed by atoms with E-state index in [-0.39, 0.29) is 6.61 Å². The molecule has 1 aromatic heterocycles. The van der Waals surface area contributed by atoms with Gasteiger partial charge in [-0.2, -0.15) is 5.26 Å². The Kier molecular flexibility index (Phi) is 4.86. The molecule has 24 heavy (non-hydrogen) atoms. The van der Waals surface area contributed by atoms with Crippen LogP contribution in [0.2, 0.25) is 0 Å². The number of anilines is 1. The van der Waals surface area contributed by atoms with Crippen molar-refractivity contribution in [3.63, 3.8) is 0 Å². The lowest BCUT2D eigenvalue weighted by molar-refractivity contribution is 0.155. The zero-order chi connectivity index (χ0) is 17.1. The number of nitrogens with zero attached hydrogens (tertiary/aromatic N) is 1. The first kappa shape index (κ1) is 16.5. The van der Waals surface area contributed by atoms with Gasteiger partial charge in [-0.1, -0.05) is 44.2 Å². The lowest BCUT2D eigenvalue weighted by Gasteiger charge is -2.24. The summed E-state index contributed by atoms with van der Waals surface area (Å²) >= 11 is 1.51. The second kappa shape index (κ2) is 7.06.